The van der Waals surface area contributed by atoms with Crippen LogP contribution in [0.25, 0.3) is 11.0 Å². The zero-order chi connectivity index (χ0) is 18.2. The van der Waals surface area contributed by atoms with E-state index in [1.165, 1.54) is 10.9 Å². The van der Waals surface area contributed by atoms with Crippen LogP contribution in [0.4, 0.5) is 0 Å². The average Bonchev–Trinajstić information content (AvgIpc) is 3.17. The van der Waals surface area contributed by atoms with Gasteiger partial charge in [-0.25, -0.2) is 4.98 Å². The van der Waals surface area contributed by atoms with E-state index in [4.69, 9.17) is 4.74 Å². The highest BCUT2D eigenvalue weighted by molar-refractivity contribution is 5.97. The molecule has 5 rings (SSSR count). The first-order chi connectivity index (χ1) is 13.3. The minimum atomic E-state index is 0.104. The Hall–Kier alpha value is -2.82. The van der Waals surface area contributed by atoms with Crippen molar-refractivity contribution in [3.63, 3.8) is 0 Å². The molecule has 0 spiro atoms. The monoisotopic (exact) mass is 361 g/mol. The van der Waals surface area contributed by atoms with Gasteiger partial charge in [0.2, 0.25) is 0 Å². The zero-order valence-corrected chi connectivity index (χ0v) is 15.3. The van der Waals surface area contributed by atoms with Gasteiger partial charge in [-0.15, -0.1) is 0 Å². The molecule has 2 aromatic heterocycles. The number of ether oxygens (including phenoxy) is 1. The van der Waals surface area contributed by atoms with E-state index in [0.29, 0.717) is 12.5 Å². The predicted octanol–water partition coefficient (Wildman–Crippen LogP) is 3.91. The molecule has 3 aromatic rings. The van der Waals surface area contributed by atoms with Gasteiger partial charge in [0.25, 0.3) is 5.91 Å². The van der Waals surface area contributed by atoms with E-state index in [1.807, 2.05) is 29.3 Å². The summed E-state index contributed by atoms with van der Waals surface area (Å²) in [6.07, 6.45) is 7.86. The number of nitrogens with zero attached hydrogens (tertiary/aromatic N) is 2. The lowest BCUT2D eigenvalue weighted by Crippen LogP contribution is -2.38. The van der Waals surface area contributed by atoms with E-state index >= 15 is 0 Å². The second-order valence-corrected chi connectivity index (χ2v) is 7.46. The maximum absolute atomic E-state index is 13.1. The van der Waals surface area contributed by atoms with Crippen LogP contribution in [0.5, 0.6) is 5.75 Å². The van der Waals surface area contributed by atoms with Crippen molar-refractivity contribution in [3.8, 4) is 5.75 Å². The van der Waals surface area contributed by atoms with Crippen molar-refractivity contribution < 1.29 is 9.53 Å². The molecular weight excluding hydrogens is 338 g/mol. The van der Waals surface area contributed by atoms with Crippen molar-refractivity contribution >= 4 is 16.9 Å². The van der Waals surface area contributed by atoms with Gasteiger partial charge in [0, 0.05) is 30.9 Å². The van der Waals surface area contributed by atoms with Crippen LogP contribution in [-0.4, -0.2) is 40.5 Å². The highest BCUT2D eigenvalue weighted by Gasteiger charge is 2.28. The smallest absolute Gasteiger partial charge is 0.257 e. The fraction of sp³-hybridized carbons (Fsp3) is 0.364. The third-order valence-electron chi connectivity index (χ3n) is 5.87. The number of likely N-dealkylation sites (tertiary alicyclic amines) is 1. The lowest BCUT2D eigenvalue weighted by molar-refractivity contribution is 0.0708. The minimum absolute atomic E-state index is 0.104. The number of rotatable bonds is 2. The van der Waals surface area contributed by atoms with Crippen LogP contribution in [0.1, 0.15) is 46.7 Å². The van der Waals surface area contributed by atoms with Crippen LogP contribution >= 0.6 is 0 Å². The van der Waals surface area contributed by atoms with E-state index < -0.39 is 0 Å². The molecule has 0 atom stereocenters. The highest BCUT2D eigenvalue weighted by Crippen LogP contribution is 2.34. The molecule has 0 unspecified atom stereocenters. The number of fused-ring (bicyclic) bond motifs is 2. The summed E-state index contributed by atoms with van der Waals surface area (Å²) in [6.45, 7) is 2.26. The fourth-order valence-electron chi connectivity index (χ4n) is 4.44. The highest BCUT2D eigenvalue weighted by atomic mass is 16.5. The Morgan fingerprint density at radius 2 is 2.07 bits per heavy atom. The molecule has 1 N–H and O–H groups in total. The van der Waals surface area contributed by atoms with Crippen molar-refractivity contribution in [1.82, 2.24) is 14.9 Å². The van der Waals surface area contributed by atoms with E-state index in [0.717, 1.165) is 61.3 Å². The van der Waals surface area contributed by atoms with Crippen molar-refractivity contribution in [2.75, 3.05) is 19.7 Å². The van der Waals surface area contributed by atoms with Crippen LogP contribution < -0.4 is 4.74 Å². The van der Waals surface area contributed by atoms with Gasteiger partial charge in [0.15, 0.2) is 0 Å². The average molecular weight is 361 g/mol. The molecule has 0 aliphatic carbocycles. The summed E-state index contributed by atoms with van der Waals surface area (Å²) in [4.78, 5) is 22.7. The van der Waals surface area contributed by atoms with Gasteiger partial charge in [-0.1, -0.05) is 12.1 Å². The number of aromatic nitrogens is 2. The number of piperidine rings is 1. The predicted molar refractivity (Wildman–Crippen MR) is 104 cm³/mol. The number of nitrogens with one attached hydrogen (secondary N) is 1. The quantitative estimate of drug-likeness (QED) is 0.753. The lowest BCUT2D eigenvalue weighted by atomic mass is 9.89. The summed E-state index contributed by atoms with van der Waals surface area (Å²) in [7, 11) is 0. The number of hydrogen-bond acceptors (Lipinski definition) is 3. The maximum atomic E-state index is 13.1. The Balaban J connectivity index is 1.33. The number of pyridine rings is 1. The van der Waals surface area contributed by atoms with Crippen molar-refractivity contribution in [1.29, 1.82) is 0 Å². The van der Waals surface area contributed by atoms with Crippen molar-refractivity contribution in [3.05, 3.63) is 59.4 Å². The molecule has 0 bridgehead atoms. The summed E-state index contributed by atoms with van der Waals surface area (Å²) in [5, 5.41) is 1.20. The number of benzene rings is 1. The number of hydrogen-bond donors (Lipinski definition) is 1. The van der Waals surface area contributed by atoms with Crippen LogP contribution in [0, 0.1) is 0 Å². The topological polar surface area (TPSA) is 58.2 Å². The van der Waals surface area contributed by atoms with Crippen LogP contribution in [0.3, 0.4) is 0 Å². The number of aromatic amines is 1. The molecule has 0 radical (unpaired) electrons. The van der Waals surface area contributed by atoms with Crippen molar-refractivity contribution in [2.45, 2.75) is 31.6 Å². The molecule has 138 valence electrons. The summed E-state index contributed by atoms with van der Waals surface area (Å²) >= 11 is 0. The van der Waals surface area contributed by atoms with E-state index in [-0.39, 0.29) is 5.91 Å². The molecule has 4 heterocycles. The number of H-pyrrole nitrogens is 1. The first kappa shape index (κ1) is 16.4. The number of para-hydroxylation sites is 1. The summed E-state index contributed by atoms with van der Waals surface area (Å²) < 4.78 is 5.84. The standard InChI is InChI=1S/C22H23N3O2/c26-22(18-6-1-4-16-5-3-13-27-20(16)18)25-11-8-15(9-12-25)19-14-24-21-17(19)7-2-10-23-21/h1-2,4,6-7,10,14-15H,3,5,8-9,11-13H2,(H,23,24). The Morgan fingerprint density at radius 1 is 1.19 bits per heavy atom. The maximum Gasteiger partial charge on any atom is 0.257 e. The Labute approximate surface area is 158 Å². The number of carbonyl (C=O) groups excluding carboxylic acids is 1. The molecule has 2 aliphatic heterocycles. The van der Waals surface area contributed by atoms with Gasteiger partial charge in [-0.2, -0.15) is 0 Å². The second kappa shape index (κ2) is 6.72. The largest absolute Gasteiger partial charge is 0.492 e. The first-order valence-electron chi connectivity index (χ1n) is 9.77. The number of amides is 1. The summed E-state index contributed by atoms with van der Waals surface area (Å²) in [5.41, 5.74) is 4.15. The minimum Gasteiger partial charge on any atom is -0.492 e. The molecule has 5 heteroatoms. The van der Waals surface area contributed by atoms with Gasteiger partial charge in [-0.3, -0.25) is 4.79 Å². The molecule has 1 amide bonds. The summed E-state index contributed by atoms with van der Waals surface area (Å²) in [6, 6.07) is 10.1. The van der Waals surface area contributed by atoms with Crippen LogP contribution in [0.15, 0.2) is 42.7 Å². The van der Waals surface area contributed by atoms with Gasteiger partial charge in [-0.05, 0) is 60.9 Å². The molecule has 2 aliphatic rings. The Bertz CT molecular complexity index is 986. The number of aryl methyl sites for hydroxylation is 1. The molecule has 0 saturated carbocycles. The van der Waals surface area contributed by atoms with E-state index in [2.05, 4.69) is 28.3 Å². The fourth-order valence-corrected chi connectivity index (χ4v) is 4.44. The molecule has 1 saturated heterocycles. The lowest BCUT2D eigenvalue weighted by Gasteiger charge is -2.33. The normalized spacial score (nSPS) is 17.6. The summed E-state index contributed by atoms with van der Waals surface area (Å²) in [5.74, 6) is 1.37. The van der Waals surface area contributed by atoms with E-state index in [9.17, 15) is 4.79 Å². The number of carbonyl (C=O) groups is 1. The van der Waals surface area contributed by atoms with Crippen molar-refractivity contribution in [2.24, 2.45) is 0 Å². The zero-order valence-electron chi connectivity index (χ0n) is 15.3. The Morgan fingerprint density at radius 3 is 2.96 bits per heavy atom. The van der Waals surface area contributed by atoms with Gasteiger partial charge >= 0.3 is 0 Å². The SMILES string of the molecule is O=C(c1cccc2c1OCCC2)N1CCC(c2c[nH]c3ncccc23)CC1. The van der Waals surface area contributed by atoms with Crippen LogP contribution in [-0.2, 0) is 6.42 Å². The van der Waals surface area contributed by atoms with Gasteiger partial charge in [0.05, 0.1) is 12.2 Å². The van der Waals surface area contributed by atoms with Gasteiger partial charge < -0.3 is 14.6 Å². The third kappa shape index (κ3) is 2.87. The Kier molecular flexibility index (Phi) is 4.07. The third-order valence-corrected chi connectivity index (χ3v) is 5.87. The second-order valence-electron chi connectivity index (χ2n) is 7.46. The molecular formula is C22H23N3O2. The molecule has 5 nitrogen and oxygen atoms in total. The first-order valence-corrected chi connectivity index (χ1v) is 9.77. The molecule has 1 fully saturated rings. The van der Waals surface area contributed by atoms with Crippen LogP contribution in [0.2, 0.25) is 0 Å². The molecule has 1 aromatic carbocycles. The van der Waals surface area contributed by atoms with Gasteiger partial charge in [0.1, 0.15) is 11.4 Å². The molecule has 27 heavy (non-hydrogen) atoms. The van der Waals surface area contributed by atoms with E-state index in [1.54, 1.807) is 0 Å².